The fourth-order valence-electron chi connectivity index (χ4n) is 2.36. The summed E-state index contributed by atoms with van der Waals surface area (Å²) in [7, 11) is 0. The van der Waals surface area contributed by atoms with Crippen LogP contribution in [0, 0.1) is 0 Å². The van der Waals surface area contributed by atoms with Crippen molar-refractivity contribution in [3.05, 3.63) is 83.6 Å². The molecule has 1 unspecified atom stereocenters. The normalized spacial score (nSPS) is 11.9. The standard InChI is InChI=1S/C19H19N3O2/c1-2-13-8-10-15(11-9-13)21-18(23)16-12-24-19(22-16)17(20)14-6-4-3-5-7-14/h3-12,17H,2,20H2,1H3,(H,21,23). The van der Waals surface area contributed by atoms with Gasteiger partial charge in [-0.15, -0.1) is 0 Å². The number of carbonyl (C=O) groups excluding carboxylic acids is 1. The van der Waals surface area contributed by atoms with Gasteiger partial charge >= 0.3 is 0 Å². The molecule has 3 rings (SSSR count). The first kappa shape index (κ1) is 16.0. The van der Waals surface area contributed by atoms with E-state index in [1.807, 2.05) is 54.6 Å². The van der Waals surface area contributed by atoms with Crippen molar-refractivity contribution in [3.63, 3.8) is 0 Å². The van der Waals surface area contributed by atoms with Gasteiger partial charge in [-0.05, 0) is 29.7 Å². The molecular formula is C19H19N3O2. The molecule has 3 aromatic rings. The summed E-state index contributed by atoms with van der Waals surface area (Å²) in [5, 5.41) is 2.80. The van der Waals surface area contributed by atoms with Gasteiger partial charge in [-0.2, -0.15) is 0 Å². The first-order valence-electron chi connectivity index (χ1n) is 7.83. The van der Waals surface area contributed by atoms with Gasteiger partial charge in [-0.25, -0.2) is 4.98 Å². The van der Waals surface area contributed by atoms with Gasteiger partial charge in [0.1, 0.15) is 12.3 Å². The van der Waals surface area contributed by atoms with Crippen LogP contribution in [0.1, 0.15) is 40.5 Å². The van der Waals surface area contributed by atoms with Crippen LogP contribution in [-0.4, -0.2) is 10.9 Å². The summed E-state index contributed by atoms with van der Waals surface area (Å²) in [6.07, 6.45) is 2.28. The predicted molar refractivity (Wildman–Crippen MR) is 92.7 cm³/mol. The quantitative estimate of drug-likeness (QED) is 0.753. The molecule has 24 heavy (non-hydrogen) atoms. The molecule has 1 atom stereocenters. The van der Waals surface area contributed by atoms with E-state index in [9.17, 15) is 4.79 Å². The summed E-state index contributed by atoms with van der Waals surface area (Å²) in [6.45, 7) is 2.08. The minimum absolute atomic E-state index is 0.205. The maximum atomic E-state index is 12.3. The Hall–Kier alpha value is -2.92. The van der Waals surface area contributed by atoms with Crippen LogP contribution >= 0.6 is 0 Å². The summed E-state index contributed by atoms with van der Waals surface area (Å²) in [4.78, 5) is 16.5. The predicted octanol–water partition coefficient (Wildman–Crippen LogP) is 3.54. The number of hydrogen-bond donors (Lipinski definition) is 2. The zero-order valence-corrected chi connectivity index (χ0v) is 13.4. The van der Waals surface area contributed by atoms with Crippen LogP contribution in [0.25, 0.3) is 0 Å². The summed E-state index contributed by atoms with van der Waals surface area (Å²) in [5.41, 5.74) is 9.14. The molecule has 1 aromatic heterocycles. The number of oxazole rings is 1. The Kier molecular flexibility index (Phi) is 4.72. The molecule has 0 saturated carbocycles. The van der Waals surface area contributed by atoms with E-state index in [2.05, 4.69) is 17.2 Å². The molecule has 1 amide bonds. The zero-order valence-electron chi connectivity index (χ0n) is 13.4. The highest BCUT2D eigenvalue weighted by Gasteiger charge is 2.18. The van der Waals surface area contributed by atoms with Crippen molar-refractivity contribution in [1.29, 1.82) is 0 Å². The van der Waals surface area contributed by atoms with Gasteiger partial charge in [-0.3, -0.25) is 4.79 Å². The number of hydrogen-bond acceptors (Lipinski definition) is 4. The minimum Gasteiger partial charge on any atom is -0.446 e. The van der Waals surface area contributed by atoms with Gasteiger partial charge in [0.25, 0.3) is 5.91 Å². The first-order valence-corrected chi connectivity index (χ1v) is 7.83. The minimum atomic E-state index is -0.503. The number of anilines is 1. The molecule has 0 spiro atoms. The smallest absolute Gasteiger partial charge is 0.277 e. The number of nitrogens with two attached hydrogens (primary N) is 1. The Labute approximate surface area is 140 Å². The Morgan fingerprint density at radius 1 is 1.17 bits per heavy atom. The van der Waals surface area contributed by atoms with Gasteiger partial charge in [0, 0.05) is 5.69 Å². The number of nitrogens with one attached hydrogen (secondary N) is 1. The van der Waals surface area contributed by atoms with Crippen LogP contribution in [0.2, 0.25) is 0 Å². The van der Waals surface area contributed by atoms with Crippen molar-refractivity contribution in [2.45, 2.75) is 19.4 Å². The summed E-state index contributed by atoms with van der Waals surface area (Å²) < 4.78 is 5.38. The fraction of sp³-hybridized carbons (Fsp3) is 0.158. The Morgan fingerprint density at radius 3 is 2.54 bits per heavy atom. The van der Waals surface area contributed by atoms with E-state index in [1.165, 1.54) is 11.8 Å². The molecule has 0 saturated heterocycles. The number of amides is 1. The topological polar surface area (TPSA) is 81.2 Å². The van der Waals surface area contributed by atoms with E-state index in [4.69, 9.17) is 10.2 Å². The monoisotopic (exact) mass is 321 g/mol. The van der Waals surface area contributed by atoms with Crippen LogP contribution < -0.4 is 11.1 Å². The highest BCUT2D eigenvalue weighted by atomic mass is 16.3. The molecule has 2 aromatic carbocycles. The Bertz CT molecular complexity index is 810. The van der Waals surface area contributed by atoms with Crippen molar-refractivity contribution in [2.75, 3.05) is 5.32 Å². The van der Waals surface area contributed by atoms with Gasteiger partial charge in [0.2, 0.25) is 5.89 Å². The van der Waals surface area contributed by atoms with Crippen molar-refractivity contribution in [1.82, 2.24) is 4.98 Å². The molecule has 5 heteroatoms. The van der Waals surface area contributed by atoms with Crippen LogP contribution in [0.3, 0.4) is 0 Å². The molecular weight excluding hydrogens is 302 g/mol. The maximum absolute atomic E-state index is 12.3. The van der Waals surface area contributed by atoms with Crippen LogP contribution in [-0.2, 0) is 6.42 Å². The number of nitrogens with zero attached hydrogens (tertiary/aromatic N) is 1. The molecule has 0 fully saturated rings. The lowest BCUT2D eigenvalue weighted by Crippen LogP contribution is -2.15. The number of carbonyl (C=O) groups is 1. The molecule has 0 aliphatic carbocycles. The number of aromatic nitrogens is 1. The zero-order chi connectivity index (χ0) is 16.9. The maximum Gasteiger partial charge on any atom is 0.277 e. The highest BCUT2D eigenvalue weighted by Crippen LogP contribution is 2.19. The molecule has 3 N–H and O–H groups in total. The molecule has 1 heterocycles. The van der Waals surface area contributed by atoms with Crippen molar-refractivity contribution in [3.8, 4) is 0 Å². The second-order valence-corrected chi connectivity index (χ2v) is 5.46. The first-order chi connectivity index (χ1) is 11.7. The van der Waals surface area contributed by atoms with E-state index in [1.54, 1.807) is 0 Å². The van der Waals surface area contributed by atoms with E-state index in [0.717, 1.165) is 12.0 Å². The lowest BCUT2D eigenvalue weighted by Gasteiger charge is -2.07. The molecule has 5 nitrogen and oxygen atoms in total. The van der Waals surface area contributed by atoms with Crippen LogP contribution in [0.4, 0.5) is 5.69 Å². The van der Waals surface area contributed by atoms with E-state index in [-0.39, 0.29) is 11.6 Å². The van der Waals surface area contributed by atoms with Gasteiger partial charge in [0.15, 0.2) is 5.69 Å². The lowest BCUT2D eigenvalue weighted by molar-refractivity contribution is 0.102. The Balaban J connectivity index is 1.71. The van der Waals surface area contributed by atoms with Crippen molar-refractivity contribution in [2.24, 2.45) is 5.73 Å². The summed E-state index contributed by atoms with van der Waals surface area (Å²) >= 11 is 0. The fourth-order valence-corrected chi connectivity index (χ4v) is 2.36. The van der Waals surface area contributed by atoms with Crippen LogP contribution in [0.5, 0.6) is 0 Å². The average Bonchev–Trinajstić information content (AvgIpc) is 3.13. The second kappa shape index (κ2) is 7.10. The summed E-state index contributed by atoms with van der Waals surface area (Å²) in [6, 6.07) is 16.7. The van der Waals surface area contributed by atoms with Crippen molar-refractivity contribution < 1.29 is 9.21 Å². The van der Waals surface area contributed by atoms with Crippen LogP contribution in [0.15, 0.2) is 65.3 Å². The Morgan fingerprint density at radius 2 is 1.88 bits per heavy atom. The summed E-state index contributed by atoms with van der Waals surface area (Å²) in [5.74, 6) is -0.0119. The van der Waals surface area contributed by atoms with E-state index >= 15 is 0 Å². The highest BCUT2D eigenvalue weighted by molar-refractivity contribution is 6.02. The van der Waals surface area contributed by atoms with Gasteiger partial charge in [0.05, 0.1) is 0 Å². The number of aryl methyl sites for hydroxylation is 1. The lowest BCUT2D eigenvalue weighted by atomic mass is 10.1. The molecule has 0 aliphatic heterocycles. The molecule has 0 bridgehead atoms. The molecule has 0 radical (unpaired) electrons. The number of rotatable bonds is 5. The third kappa shape index (κ3) is 3.52. The molecule has 0 aliphatic rings. The SMILES string of the molecule is CCc1ccc(NC(=O)c2coc(C(N)c3ccccc3)n2)cc1. The van der Waals surface area contributed by atoms with Gasteiger partial charge < -0.3 is 15.5 Å². The third-order valence-corrected chi connectivity index (χ3v) is 3.80. The van der Waals surface area contributed by atoms with E-state index < -0.39 is 6.04 Å². The van der Waals surface area contributed by atoms with Gasteiger partial charge in [-0.1, -0.05) is 49.4 Å². The third-order valence-electron chi connectivity index (χ3n) is 3.80. The molecule has 122 valence electrons. The second-order valence-electron chi connectivity index (χ2n) is 5.46. The van der Waals surface area contributed by atoms with E-state index in [0.29, 0.717) is 11.6 Å². The largest absolute Gasteiger partial charge is 0.446 e. The number of benzene rings is 2. The average molecular weight is 321 g/mol. The van der Waals surface area contributed by atoms with Crippen molar-refractivity contribution >= 4 is 11.6 Å².